The lowest BCUT2D eigenvalue weighted by molar-refractivity contribution is 0.303. The highest BCUT2D eigenvalue weighted by Gasteiger charge is 2.24. The molecule has 1 aliphatic rings. The fourth-order valence-electron chi connectivity index (χ4n) is 2.86. The first kappa shape index (κ1) is 15.1. The first-order valence-corrected chi connectivity index (χ1v) is 9.00. The van der Waals surface area contributed by atoms with Crippen LogP contribution in [0.25, 0.3) is 0 Å². The highest BCUT2D eigenvalue weighted by molar-refractivity contribution is 7.85. The minimum Gasteiger partial charge on any atom is -0.489 e. The van der Waals surface area contributed by atoms with Crippen LogP contribution >= 0.6 is 0 Å². The topological polar surface area (TPSA) is 52.6 Å². The van der Waals surface area contributed by atoms with Crippen molar-refractivity contribution in [1.82, 2.24) is 0 Å². The molecule has 0 radical (unpaired) electrons. The summed E-state index contributed by atoms with van der Waals surface area (Å²) in [5, 5.41) is 0. The first-order valence-electron chi connectivity index (χ1n) is 7.18. The maximum Gasteiger partial charge on any atom is 0.264 e. The van der Waals surface area contributed by atoms with Crippen LogP contribution in [0.3, 0.4) is 0 Å². The summed E-state index contributed by atoms with van der Waals surface area (Å²) in [5.74, 6) is 0.916. The Bertz CT molecular complexity index is 720. The van der Waals surface area contributed by atoms with Gasteiger partial charge in [-0.05, 0) is 23.6 Å². The molecule has 0 fully saturated rings. The van der Waals surface area contributed by atoms with E-state index in [1.807, 2.05) is 42.5 Å². The Morgan fingerprint density at radius 3 is 2.55 bits per heavy atom. The van der Waals surface area contributed by atoms with Crippen LogP contribution in [0.4, 0.5) is 0 Å². The van der Waals surface area contributed by atoms with Crippen molar-refractivity contribution in [2.75, 3.05) is 12.9 Å². The molecule has 1 atom stereocenters. The van der Waals surface area contributed by atoms with Gasteiger partial charge in [0.05, 0.1) is 12.9 Å². The Morgan fingerprint density at radius 1 is 1.09 bits per heavy atom. The SMILES string of the molecule is CS(=O)(=O)OCCC1c2ccccc2COc2ccccc21. The minimum absolute atomic E-state index is 0.0663. The molecule has 2 aromatic carbocycles. The van der Waals surface area contributed by atoms with Gasteiger partial charge in [-0.25, -0.2) is 0 Å². The average molecular weight is 318 g/mol. The van der Waals surface area contributed by atoms with Gasteiger partial charge in [-0.2, -0.15) is 8.42 Å². The molecule has 0 N–H and O–H groups in total. The van der Waals surface area contributed by atoms with Gasteiger partial charge in [0.1, 0.15) is 12.4 Å². The Labute approximate surface area is 130 Å². The molecular formula is C17H18O4S. The summed E-state index contributed by atoms with van der Waals surface area (Å²) < 4.78 is 33.2. The molecule has 116 valence electrons. The van der Waals surface area contributed by atoms with E-state index in [0.29, 0.717) is 13.0 Å². The van der Waals surface area contributed by atoms with Gasteiger partial charge >= 0.3 is 0 Å². The van der Waals surface area contributed by atoms with Crippen LogP contribution in [-0.4, -0.2) is 21.3 Å². The molecule has 0 saturated heterocycles. The Balaban J connectivity index is 1.95. The lowest BCUT2D eigenvalue weighted by atomic mass is 9.86. The summed E-state index contributed by atoms with van der Waals surface area (Å²) in [6, 6.07) is 16.0. The molecule has 0 spiro atoms. The van der Waals surface area contributed by atoms with Crippen molar-refractivity contribution >= 4 is 10.1 Å². The van der Waals surface area contributed by atoms with Crippen molar-refractivity contribution in [2.45, 2.75) is 18.9 Å². The number of rotatable bonds is 4. The molecule has 0 saturated carbocycles. The second-order valence-corrected chi connectivity index (χ2v) is 7.04. The number of benzene rings is 2. The van der Waals surface area contributed by atoms with Gasteiger partial charge in [-0.1, -0.05) is 42.5 Å². The van der Waals surface area contributed by atoms with E-state index >= 15 is 0 Å². The van der Waals surface area contributed by atoms with E-state index in [2.05, 4.69) is 6.07 Å². The molecule has 2 aromatic rings. The lowest BCUT2D eigenvalue weighted by Gasteiger charge is -2.18. The van der Waals surface area contributed by atoms with Crippen molar-refractivity contribution in [2.24, 2.45) is 0 Å². The maximum absolute atomic E-state index is 11.2. The fraction of sp³-hybridized carbons (Fsp3) is 0.294. The largest absolute Gasteiger partial charge is 0.489 e. The van der Waals surface area contributed by atoms with Crippen LogP contribution in [0, 0.1) is 0 Å². The lowest BCUT2D eigenvalue weighted by Crippen LogP contribution is -2.10. The molecule has 0 amide bonds. The average Bonchev–Trinajstić information content (AvgIpc) is 2.64. The first-order chi connectivity index (χ1) is 10.5. The molecule has 0 bridgehead atoms. The highest BCUT2D eigenvalue weighted by Crippen LogP contribution is 2.39. The summed E-state index contributed by atoms with van der Waals surface area (Å²) in [6.45, 7) is 0.683. The van der Waals surface area contributed by atoms with Gasteiger partial charge in [-0.3, -0.25) is 4.18 Å². The second-order valence-electron chi connectivity index (χ2n) is 5.39. The smallest absolute Gasteiger partial charge is 0.264 e. The number of fused-ring (bicyclic) bond motifs is 2. The second kappa shape index (κ2) is 6.10. The summed E-state index contributed by atoms with van der Waals surface area (Å²) in [5.41, 5.74) is 3.37. The molecule has 0 aliphatic carbocycles. The molecule has 4 nitrogen and oxygen atoms in total. The quantitative estimate of drug-likeness (QED) is 0.813. The van der Waals surface area contributed by atoms with Crippen LogP contribution in [0.5, 0.6) is 5.75 Å². The van der Waals surface area contributed by atoms with E-state index in [0.717, 1.165) is 23.1 Å². The zero-order chi connectivity index (χ0) is 15.6. The van der Waals surface area contributed by atoms with E-state index in [1.54, 1.807) is 0 Å². The summed E-state index contributed by atoms with van der Waals surface area (Å²) >= 11 is 0. The molecule has 3 rings (SSSR count). The predicted octanol–water partition coefficient (Wildman–Crippen LogP) is 3.08. The van der Waals surface area contributed by atoms with E-state index in [-0.39, 0.29) is 12.5 Å². The fourth-order valence-corrected chi connectivity index (χ4v) is 3.26. The molecule has 5 heteroatoms. The van der Waals surface area contributed by atoms with Crippen LogP contribution in [0.15, 0.2) is 48.5 Å². The zero-order valence-corrected chi connectivity index (χ0v) is 13.2. The minimum atomic E-state index is -3.42. The molecule has 1 heterocycles. The van der Waals surface area contributed by atoms with Gasteiger partial charge in [0, 0.05) is 11.5 Å². The Morgan fingerprint density at radius 2 is 1.77 bits per heavy atom. The van der Waals surface area contributed by atoms with E-state index < -0.39 is 10.1 Å². The number of para-hydroxylation sites is 1. The van der Waals surface area contributed by atoms with Crippen molar-refractivity contribution in [3.8, 4) is 5.75 Å². The number of hydrogen-bond acceptors (Lipinski definition) is 4. The zero-order valence-electron chi connectivity index (χ0n) is 12.4. The number of ether oxygens (including phenoxy) is 1. The van der Waals surface area contributed by atoms with Crippen LogP contribution in [0.2, 0.25) is 0 Å². The van der Waals surface area contributed by atoms with Crippen molar-refractivity contribution in [3.63, 3.8) is 0 Å². The van der Waals surface area contributed by atoms with Gasteiger partial charge in [0.2, 0.25) is 0 Å². The predicted molar refractivity (Wildman–Crippen MR) is 84.5 cm³/mol. The summed E-state index contributed by atoms with van der Waals surface area (Å²) in [7, 11) is -3.42. The number of hydrogen-bond donors (Lipinski definition) is 0. The summed E-state index contributed by atoms with van der Waals surface area (Å²) in [6.07, 6.45) is 1.66. The van der Waals surface area contributed by atoms with E-state index in [4.69, 9.17) is 8.92 Å². The molecule has 0 aromatic heterocycles. The molecule has 1 unspecified atom stereocenters. The van der Waals surface area contributed by atoms with Crippen molar-refractivity contribution in [3.05, 3.63) is 65.2 Å². The highest BCUT2D eigenvalue weighted by atomic mass is 32.2. The third-order valence-electron chi connectivity index (χ3n) is 3.81. The summed E-state index contributed by atoms with van der Waals surface area (Å²) in [4.78, 5) is 0. The molecule has 1 aliphatic heterocycles. The monoisotopic (exact) mass is 318 g/mol. The third-order valence-corrected chi connectivity index (χ3v) is 4.41. The third kappa shape index (κ3) is 3.31. The maximum atomic E-state index is 11.2. The van der Waals surface area contributed by atoms with Gasteiger partial charge in [0.15, 0.2) is 0 Å². The van der Waals surface area contributed by atoms with E-state index in [9.17, 15) is 8.42 Å². The van der Waals surface area contributed by atoms with E-state index in [1.165, 1.54) is 5.56 Å². The Kier molecular flexibility index (Phi) is 4.18. The van der Waals surface area contributed by atoms with Gasteiger partial charge in [0.25, 0.3) is 10.1 Å². The normalized spacial score (nSPS) is 17.0. The van der Waals surface area contributed by atoms with Crippen LogP contribution < -0.4 is 4.74 Å². The Hall–Kier alpha value is -1.85. The van der Waals surface area contributed by atoms with Crippen LogP contribution in [0.1, 0.15) is 29.0 Å². The van der Waals surface area contributed by atoms with Gasteiger partial charge < -0.3 is 4.74 Å². The molecular weight excluding hydrogens is 300 g/mol. The van der Waals surface area contributed by atoms with Crippen molar-refractivity contribution in [1.29, 1.82) is 0 Å². The van der Waals surface area contributed by atoms with Crippen molar-refractivity contribution < 1.29 is 17.3 Å². The van der Waals surface area contributed by atoms with Crippen LogP contribution in [-0.2, 0) is 20.9 Å². The van der Waals surface area contributed by atoms with Gasteiger partial charge in [-0.15, -0.1) is 0 Å². The molecule has 22 heavy (non-hydrogen) atoms. The standard InChI is InChI=1S/C17H18O4S/c1-22(18,19)21-11-10-15-14-7-3-2-6-13(14)12-20-17-9-5-4-8-16(15)17/h2-9,15H,10-12H2,1H3.